The fraction of sp³-hybridized carbons (Fsp3) is 0.167. The third-order valence-corrected chi connectivity index (χ3v) is 4.18. The van der Waals surface area contributed by atoms with Gasteiger partial charge in [0.05, 0.1) is 5.69 Å². The number of benzene rings is 1. The molecule has 1 aliphatic heterocycles. The second kappa shape index (κ2) is 5.49. The summed E-state index contributed by atoms with van der Waals surface area (Å²) < 4.78 is 1.78. The van der Waals surface area contributed by atoms with Gasteiger partial charge in [-0.05, 0) is 49.2 Å². The van der Waals surface area contributed by atoms with Gasteiger partial charge in [-0.25, -0.2) is 4.98 Å². The first kappa shape index (κ1) is 14.4. The first-order valence-corrected chi connectivity index (χ1v) is 7.79. The highest BCUT2D eigenvalue weighted by Crippen LogP contribution is 2.26. The van der Waals surface area contributed by atoms with Crippen LogP contribution in [0, 0.1) is 6.92 Å². The first-order chi connectivity index (χ1) is 11.6. The number of nitrogens with one attached hydrogen (secondary N) is 2. The van der Waals surface area contributed by atoms with Crippen molar-refractivity contribution in [2.75, 3.05) is 10.6 Å². The third kappa shape index (κ3) is 2.42. The normalized spacial score (nSPS) is 13.5. The lowest BCUT2D eigenvalue weighted by Crippen LogP contribution is -2.20. The molecule has 0 atom stereocenters. The van der Waals surface area contributed by atoms with E-state index in [0.29, 0.717) is 29.9 Å². The molecule has 0 fully saturated rings. The number of aryl methyl sites for hydroxylation is 2. The quantitative estimate of drug-likeness (QED) is 0.762. The Bertz CT molecular complexity index is 974. The summed E-state index contributed by atoms with van der Waals surface area (Å²) in [6.45, 7) is 1.82. The van der Waals surface area contributed by atoms with Crippen LogP contribution in [0.5, 0.6) is 0 Å². The summed E-state index contributed by atoms with van der Waals surface area (Å²) in [7, 11) is 0. The molecule has 4 rings (SSSR count). The van der Waals surface area contributed by atoms with E-state index in [1.165, 1.54) is 0 Å². The maximum absolute atomic E-state index is 12.7. The van der Waals surface area contributed by atoms with Crippen LogP contribution in [0.3, 0.4) is 0 Å². The van der Waals surface area contributed by atoms with Gasteiger partial charge in [-0.3, -0.25) is 14.0 Å². The van der Waals surface area contributed by atoms with Gasteiger partial charge in [0.15, 0.2) is 0 Å². The van der Waals surface area contributed by atoms with Crippen LogP contribution in [0.25, 0.3) is 5.65 Å². The van der Waals surface area contributed by atoms with Crippen molar-refractivity contribution in [1.82, 2.24) is 9.38 Å². The zero-order chi connectivity index (χ0) is 16.7. The van der Waals surface area contributed by atoms with Crippen molar-refractivity contribution >= 4 is 28.8 Å². The van der Waals surface area contributed by atoms with Crippen molar-refractivity contribution in [2.45, 2.75) is 19.8 Å². The van der Waals surface area contributed by atoms with E-state index in [1.54, 1.807) is 10.5 Å². The lowest BCUT2D eigenvalue weighted by atomic mass is 10.0. The standard InChI is InChI=1S/C18H16N4O2/c1-11-17(22-9-3-2-4-15(22)19-11)18(24)20-13-6-7-14-12(10-13)5-8-16(23)21-14/h2-4,6-7,9-10H,5,8H2,1H3,(H,20,24)(H,21,23). The summed E-state index contributed by atoms with van der Waals surface area (Å²) in [6.07, 6.45) is 2.98. The molecule has 0 saturated carbocycles. The highest BCUT2D eigenvalue weighted by atomic mass is 16.2. The van der Waals surface area contributed by atoms with Crippen molar-refractivity contribution in [3.05, 3.63) is 59.5 Å². The molecule has 6 heteroatoms. The van der Waals surface area contributed by atoms with Gasteiger partial charge < -0.3 is 10.6 Å². The van der Waals surface area contributed by atoms with Crippen molar-refractivity contribution in [2.24, 2.45) is 0 Å². The molecule has 2 aromatic heterocycles. The minimum atomic E-state index is -0.203. The second-order valence-corrected chi connectivity index (χ2v) is 5.85. The molecular weight excluding hydrogens is 304 g/mol. The Morgan fingerprint density at radius 1 is 1.25 bits per heavy atom. The van der Waals surface area contributed by atoms with E-state index in [9.17, 15) is 9.59 Å². The number of carbonyl (C=O) groups excluding carboxylic acids is 2. The summed E-state index contributed by atoms with van der Waals surface area (Å²) in [5.74, 6) is -0.174. The molecule has 0 unspecified atom stereocenters. The van der Waals surface area contributed by atoms with Gasteiger partial charge >= 0.3 is 0 Å². The first-order valence-electron chi connectivity index (χ1n) is 7.79. The smallest absolute Gasteiger partial charge is 0.274 e. The number of fused-ring (bicyclic) bond motifs is 2. The lowest BCUT2D eigenvalue weighted by Gasteiger charge is -2.17. The molecule has 2 amide bonds. The molecule has 0 spiro atoms. The predicted octanol–water partition coefficient (Wildman–Crippen LogP) is 2.78. The van der Waals surface area contributed by atoms with Crippen molar-refractivity contribution in [3.8, 4) is 0 Å². The number of imidazole rings is 1. The van der Waals surface area contributed by atoms with Crippen LogP contribution in [-0.4, -0.2) is 21.2 Å². The number of nitrogens with zero attached hydrogens (tertiary/aromatic N) is 2. The molecule has 1 aromatic carbocycles. The van der Waals surface area contributed by atoms with Gasteiger partial charge in [0, 0.05) is 24.0 Å². The monoisotopic (exact) mass is 320 g/mol. The molecule has 24 heavy (non-hydrogen) atoms. The number of pyridine rings is 1. The van der Waals surface area contributed by atoms with Gasteiger partial charge in [-0.2, -0.15) is 0 Å². The largest absolute Gasteiger partial charge is 0.326 e. The number of amides is 2. The average molecular weight is 320 g/mol. The number of hydrogen-bond donors (Lipinski definition) is 2. The zero-order valence-corrected chi connectivity index (χ0v) is 13.2. The summed E-state index contributed by atoms with van der Waals surface area (Å²) in [5.41, 5.74) is 4.51. The third-order valence-electron chi connectivity index (χ3n) is 4.18. The number of aromatic nitrogens is 2. The van der Waals surface area contributed by atoms with Crippen LogP contribution in [0.1, 0.15) is 28.2 Å². The van der Waals surface area contributed by atoms with Crippen molar-refractivity contribution in [1.29, 1.82) is 0 Å². The summed E-state index contributed by atoms with van der Waals surface area (Å²) in [5, 5.41) is 5.76. The van der Waals surface area contributed by atoms with E-state index in [1.807, 2.05) is 43.5 Å². The Morgan fingerprint density at radius 3 is 3.00 bits per heavy atom. The molecule has 120 valence electrons. The van der Waals surface area contributed by atoms with Crippen LogP contribution < -0.4 is 10.6 Å². The molecule has 0 aliphatic carbocycles. The Morgan fingerprint density at radius 2 is 2.12 bits per heavy atom. The number of rotatable bonds is 2. The van der Waals surface area contributed by atoms with Crippen molar-refractivity contribution < 1.29 is 9.59 Å². The average Bonchev–Trinajstić information content (AvgIpc) is 2.90. The number of carbonyl (C=O) groups is 2. The molecule has 1 aliphatic rings. The Balaban J connectivity index is 1.64. The highest BCUT2D eigenvalue weighted by molar-refractivity contribution is 6.05. The van der Waals surface area contributed by atoms with E-state index in [4.69, 9.17) is 0 Å². The van der Waals surface area contributed by atoms with Crippen LogP contribution in [0.4, 0.5) is 11.4 Å². The topological polar surface area (TPSA) is 75.5 Å². The molecular formula is C18H16N4O2. The summed E-state index contributed by atoms with van der Waals surface area (Å²) in [6, 6.07) is 11.1. The molecule has 2 N–H and O–H groups in total. The van der Waals surface area contributed by atoms with Crippen LogP contribution in [-0.2, 0) is 11.2 Å². The molecule has 6 nitrogen and oxygen atoms in total. The molecule has 3 heterocycles. The highest BCUT2D eigenvalue weighted by Gasteiger charge is 2.18. The minimum Gasteiger partial charge on any atom is -0.326 e. The van der Waals surface area contributed by atoms with Gasteiger partial charge in [0.1, 0.15) is 11.3 Å². The van der Waals surface area contributed by atoms with E-state index in [2.05, 4.69) is 15.6 Å². The van der Waals surface area contributed by atoms with Gasteiger partial charge in [-0.15, -0.1) is 0 Å². The summed E-state index contributed by atoms with van der Waals surface area (Å²) in [4.78, 5) is 28.5. The van der Waals surface area contributed by atoms with Crippen LogP contribution >= 0.6 is 0 Å². The molecule has 0 saturated heterocycles. The Hall–Kier alpha value is -3.15. The van der Waals surface area contributed by atoms with Crippen LogP contribution in [0.15, 0.2) is 42.6 Å². The number of hydrogen-bond acceptors (Lipinski definition) is 3. The van der Waals surface area contributed by atoms with Crippen LogP contribution in [0.2, 0.25) is 0 Å². The molecule has 0 bridgehead atoms. The van der Waals surface area contributed by atoms with Gasteiger partial charge in [0.2, 0.25) is 5.91 Å². The van der Waals surface area contributed by atoms with Gasteiger partial charge in [0.25, 0.3) is 5.91 Å². The zero-order valence-electron chi connectivity index (χ0n) is 13.2. The molecule has 0 radical (unpaired) electrons. The van der Waals surface area contributed by atoms with E-state index in [0.717, 1.165) is 16.9 Å². The SMILES string of the molecule is Cc1nc2ccccn2c1C(=O)Nc1ccc2c(c1)CCC(=O)N2. The van der Waals surface area contributed by atoms with E-state index in [-0.39, 0.29) is 11.8 Å². The predicted molar refractivity (Wildman–Crippen MR) is 91.3 cm³/mol. The fourth-order valence-electron chi connectivity index (χ4n) is 3.04. The maximum atomic E-state index is 12.7. The summed E-state index contributed by atoms with van der Waals surface area (Å²) >= 11 is 0. The van der Waals surface area contributed by atoms with E-state index < -0.39 is 0 Å². The minimum absolute atomic E-state index is 0.0284. The van der Waals surface area contributed by atoms with Gasteiger partial charge in [-0.1, -0.05) is 6.07 Å². The fourth-order valence-corrected chi connectivity index (χ4v) is 3.04. The lowest BCUT2D eigenvalue weighted by molar-refractivity contribution is -0.116. The Kier molecular flexibility index (Phi) is 3.30. The Labute approximate surface area is 138 Å². The number of anilines is 2. The van der Waals surface area contributed by atoms with Crippen molar-refractivity contribution in [3.63, 3.8) is 0 Å². The maximum Gasteiger partial charge on any atom is 0.274 e. The molecule has 3 aromatic rings. The van der Waals surface area contributed by atoms with E-state index >= 15 is 0 Å². The second-order valence-electron chi connectivity index (χ2n) is 5.85.